The largest absolute Gasteiger partial charge is 0.480 e. The molecule has 4 heteroatoms. The molecule has 0 aliphatic carbocycles. The highest BCUT2D eigenvalue weighted by molar-refractivity contribution is 7.99. The Hall–Kier alpha value is -1.00. The minimum Gasteiger partial charge on any atom is -0.480 e. The summed E-state index contributed by atoms with van der Waals surface area (Å²) in [4.78, 5) is 12.1. The number of carbonyl (C=O) groups is 1. The molecule has 0 radical (unpaired) electrons. The van der Waals surface area contributed by atoms with Gasteiger partial charge >= 0.3 is 5.97 Å². The summed E-state index contributed by atoms with van der Waals surface area (Å²) in [6, 6.07) is 7.85. The minimum atomic E-state index is -0.789. The van der Waals surface area contributed by atoms with Gasteiger partial charge in [-0.25, -0.2) is 0 Å². The van der Waals surface area contributed by atoms with E-state index in [9.17, 15) is 4.79 Å². The first-order valence-corrected chi connectivity index (χ1v) is 7.22. The van der Waals surface area contributed by atoms with E-state index in [-0.39, 0.29) is 0 Å². The van der Waals surface area contributed by atoms with Gasteiger partial charge in [0.2, 0.25) is 0 Å². The van der Waals surface area contributed by atoms with E-state index in [4.69, 9.17) is 5.11 Å². The van der Waals surface area contributed by atoms with Crippen LogP contribution in [0.1, 0.15) is 32.3 Å². The van der Waals surface area contributed by atoms with Crippen molar-refractivity contribution in [3.8, 4) is 0 Å². The van der Waals surface area contributed by atoms with Crippen molar-refractivity contribution < 1.29 is 9.90 Å². The van der Waals surface area contributed by atoms with E-state index in [1.807, 2.05) is 6.92 Å². The number of hydrogen-bond acceptors (Lipinski definition) is 3. The monoisotopic (exact) mass is 267 g/mol. The zero-order valence-electron chi connectivity index (χ0n) is 11.1. The van der Waals surface area contributed by atoms with Gasteiger partial charge in [0.25, 0.3) is 0 Å². The highest BCUT2D eigenvalue weighted by Crippen LogP contribution is 2.22. The average molecular weight is 267 g/mol. The lowest BCUT2D eigenvalue weighted by Crippen LogP contribution is -2.38. The molecule has 0 aliphatic rings. The van der Waals surface area contributed by atoms with Gasteiger partial charge in [-0.2, -0.15) is 0 Å². The second-order valence-corrected chi connectivity index (χ2v) is 5.58. The Morgan fingerprint density at radius 2 is 1.94 bits per heavy atom. The lowest BCUT2D eigenvalue weighted by atomic mass is 10.0. The van der Waals surface area contributed by atoms with Crippen molar-refractivity contribution in [2.24, 2.45) is 0 Å². The second kappa shape index (κ2) is 7.44. The smallest absolute Gasteiger partial charge is 0.321 e. The standard InChI is InChI=1S/C14H21NO2S/c1-4-15-13(14(16)17)9-18-12-7-5-11(6-8-12)10(2)3/h5-8,10,13,15H,4,9H2,1-3H3,(H,16,17). The molecule has 3 nitrogen and oxygen atoms in total. The number of benzene rings is 1. The van der Waals surface area contributed by atoms with Crippen molar-refractivity contribution in [2.45, 2.75) is 37.6 Å². The average Bonchev–Trinajstić information content (AvgIpc) is 2.34. The van der Waals surface area contributed by atoms with Gasteiger partial charge in [0.05, 0.1) is 0 Å². The van der Waals surface area contributed by atoms with Gasteiger partial charge in [-0.3, -0.25) is 4.79 Å². The molecule has 0 bridgehead atoms. The highest BCUT2D eigenvalue weighted by atomic mass is 32.2. The molecule has 100 valence electrons. The normalized spacial score (nSPS) is 12.7. The molecule has 0 aromatic heterocycles. The Morgan fingerprint density at radius 3 is 2.39 bits per heavy atom. The zero-order chi connectivity index (χ0) is 13.5. The first-order valence-electron chi connectivity index (χ1n) is 6.23. The zero-order valence-corrected chi connectivity index (χ0v) is 12.0. The molecule has 0 spiro atoms. The van der Waals surface area contributed by atoms with Gasteiger partial charge in [0.1, 0.15) is 6.04 Å². The van der Waals surface area contributed by atoms with Crippen LogP contribution in [0.2, 0.25) is 0 Å². The molecule has 1 aromatic rings. The SMILES string of the molecule is CCNC(CSc1ccc(C(C)C)cc1)C(=O)O. The predicted octanol–water partition coefficient (Wildman–Crippen LogP) is 2.96. The van der Waals surface area contributed by atoms with Crippen LogP contribution < -0.4 is 5.32 Å². The molecule has 2 N–H and O–H groups in total. The van der Waals surface area contributed by atoms with E-state index < -0.39 is 12.0 Å². The summed E-state index contributed by atoms with van der Waals surface area (Å²) in [5.41, 5.74) is 1.31. The van der Waals surface area contributed by atoms with E-state index >= 15 is 0 Å². The molecule has 1 aromatic carbocycles. The summed E-state index contributed by atoms with van der Waals surface area (Å²) in [5.74, 6) is 0.283. The number of nitrogens with one attached hydrogen (secondary N) is 1. The van der Waals surface area contributed by atoms with Crippen LogP contribution >= 0.6 is 11.8 Å². The molecular weight excluding hydrogens is 246 g/mol. The third kappa shape index (κ3) is 4.70. The van der Waals surface area contributed by atoms with Crippen molar-refractivity contribution in [3.05, 3.63) is 29.8 Å². The maximum absolute atomic E-state index is 11.0. The first kappa shape index (κ1) is 15.1. The number of hydrogen-bond donors (Lipinski definition) is 2. The number of rotatable bonds is 7. The van der Waals surface area contributed by atoms with Crippen molar-refractivity contribution in [1.82, 2.24) is 5.32 Å². The van der Waals surface area contributed by atoms with Crippen molar-refractivity contribution >= 4 is 17.7 Å². The number of aliphatic carboxylic acids is 1. The first-order chi connectivity index (χ1) is 8.54. The summed E-state index contributed by atoms with van der Waals surface area (Å²) in [7, 11) is 0. The van der Waals surface area contributed by atoms with Crippen molar-refractivity contribution in [2.75, 3.05) is 12.3 Å². The molecule has 18 heavy (non-hydrogen) atoms. The summed E-state index contributed by atoms with van der Waals surface area (Å²) < 4.78 is 0. The van der Waals surface area contributed by atoms with Crippen molar-refractivity contribution in [1.29, 1.82) is 0 Å². The Morgan fingerprint density at radius 1 is 1.33 bits per heavy atom. The number of carboxylic acids is 1. The van der Waals surface area contributed by atoms with Crippen LogP contribution in [0.25, 0.3) is 0 Å². The molecular formula is C14H21NO2S. The van der Waals surface area contributed by atoms with Crippen LogP contribution in [-0.2, 0) is 4.79 Å². The fourth-order valence-corrected chi connectivity index (χ4v) is 2.54. The predicted molar refractivity (Wildman–Crippen MR) is 76.4 cm³/mol. The molecule has 1 rings (SSSR count). The third-order valence-electron chi connectivity index (χ3n) is 2.71. The third-order valence-corrected chi connectivity index (χ3v) is 3.82. The summed E-state index contributed by atoms with van der Waals surface area (Å²) in [6.07, 6.45) is 0. The minimum absolute atomic E-state index is 0.482. The Bertz CT molecular complexity index is 376. The van der Waals surface area contributed by atoms with Crippen molar-refractivity contribution in [3.63, 3.8) is 0 Å². The number of likely N-dealkylation sites (N-methyl/N-ethyl adjacent to an activating group) is 1. The maximum atomic E-state index is 11.0. The van der Waals surface area contributed by atoms with E-state index in [0.717, 1.165) is 4.90 Å². The Kier molecular flexibility index (Phi) is 6.22. The molecule has 1 unspecified atom stereocenters. The second-order valence-electron chi connectivity index (χ2n) is 4.48. The summed E-state index contributed by atoms with van der Waals surface area (Å²) in [6.45, 7) is 6.91. The molecule has 0 aliphatic heterocycles. The van der Waals surface area contributed by atoms with E-state index in [1.54, 1.807) is 11.8 Å². The molecule has 1 atom stereocenters. The molecule has 0 saturated heterocycles. The Balaban J connectivity index is 2.54. The van der Waals surface area contributed by atoms with Crippen LogP contribution in [0.15, 0.2) is 29.2 Å². The van der Waals surface area contributed by atoms with Gasteiger partial charge in [-0.05, 0) is 30.2 Å². The van der Waals surface area contributed by atoms with E-state index in [2.05, 4.69) is 43.4 Å². The summed E-state index contributed by atoms with van der Waals surface area (Å²) >= 11 is 1.57. The van der Waals surface area contributed by atoms with Crippen LogP contribution in [-0.4, -0.2) is 29.4 Å². The maximum Gasteiger partial charge on any atom is 0.321 e. The fourth-order valence-electron chi connectivity index (χ4n) is 1.59. The lowest BCUT2D eigenvalue weighted by molar-refractivity contribution is -0.138. The topological polar surface area (TPSA) is 49.3 Å². The number of thioether (sulfide) groups is 1. The van der Waals surface area contributed by atoms with Crippen LogP contribution in [0.3, 0.4) is 0 Å². The molecule has 0 amide bonds. The van der Waals surface area contributed by atoms with Crippen LogP contribution in [0.4, 0.5) is 0 Å². The molecule has 0 fully saturated rings. The van der Waals surface area contributed by atoms with E-state index in [1.165, 1.54) is 5.56 Å². The van der Waals surface area contributed by atoms with Gasteiger partial charge in [-0.1, -0.05) is 32.9 Å². The van der Waals surface area contributed by atoms with Gasteiger partial charge in [-0.15, -0.1) is 11.8 Å². The lowest BCUT2D eigenvalue weighted by Gasteiger charge is -2.13. The van der Waals surface area contributed by atoms with Crippen LogP contribution in [0, 0.1) is 0 Å². The van der Waals surface area contributed by atoms with E-state index in [0.29, 0.717) is 18.2 Å². The van der Waals surface area contributed by atoms with Crippen LogP contribution in [0.5, 0.6) is 0 Å². The summed E-state index contributed by atoms with van der Waals surface area (Å²) in [5, 5.41) is 12.0. The van der Waals surface area contributed by atoms with Gasteiger partial charge in [0.15, 0.2) is 0 Å². The quantitative estimate of drug-likeness (QED) is 0.746. The Labute approximate surface area is 113 Å². The molecule has 0 heterocycles. The fraction of sp³-hybridized carbons (Fsp3) is 0.500. The van der Waals surface area contributed by atoms with Gasteiger partial charge in [0, 0.05) is 10.6 Å². The highest BCUT2D eigenvalue weighted by Gasteiger charge is 2.15. The van der Waals surface area contributed by atoms with Gasteiger partial charge < -0.3 is 10.4 Å². The molecule has 0 saturated carbocycles. The number of carboxylic acid groups (broad SMARTS) is 1.